The number of nitrogens with one attached hydrogen (secondary N) is 1. The Balaban J connectivity index is 1.64. The maximum atomic E-state index is 12.5. The van der Waals surface area contributed by atoms with Crippen LogP contribution in [0.25, 0.3) is 4.96 Å². The molecule has 138 valence electrons. The van der Waals surface area contributed by atoms with Gasteiger partial charge >= 0.3 is 12.0 Å². The molecule has 0 aromatic carbocycles. The van der Waals surface area contributed by atoms with Gasteiger partial charge in [0.15, 0.2) is 4.96 Å². The number of fused-ring (bicyclic) bond motifs is 1. The fourth-order valence-electron chi connectivity index (χ4n) is 2.84. The SMILES string of the molecule is CCC1(CC)NC(=O)N(CC(=O)OCc2cc(=O)n3ccsc3n2)C1=O. The summed E-state index contributed by atoms with van der Waals surface area (Å²) in [6.07, 6.45) is 2.49. The van der Waals surface area contributed by atoms with Gasteiger partial charge < -0.3 is 10.1 Å². The molecule has 0 atom stereocenters. The molecular weight excluding hydrogens is 360 g/mol. The van der Waals surface area contributed by atoms with Crippen molar-refractivity contribution >= 4 is 34.2 Å². The van der Waals surface area contributed by atoms with E-state index in [1.54, 1.807) is 25.4 Å². The van der Waals surface area contributed by atoms with Crippen molar-refractivity contribution in [3.63, 3.8) is 0 Å². The van der Waals surface area contributed by atoms with Crippen LogP contribution in [0.4, 0.5) is 4.79 Å². The molecule has 9 nitrogen and oxygen atoms in total. The molecule has 26 heavy (non-hydrogen) atoms. The molecule has 10 heteroatoms. The molecule has 1 saturated heterocycles. The van der Waals surface area contributed by atoms with E-state index in [1.807, 2.05) is 0 Å². The van der Waals surface area contributed by atoms with E-state index in [4.69, 9.17) is 4.74 Å². The van der Waals surface area contributed by atoms with E-state index in [-0.39, 0.29) is 12.2 Å². The van der Waals surface area contributed by atoms with E-state index in [0.29, 0.717) is 23.5 Å². The number of aromatic nitrogens is 2. The van der Waals surface area contributed by atoms with Crippen LogP contribution in [0.3, 0.4) is 0 Å². The Bertz CT molecular complexity index is 930. The summed E-state index contributed by atoms with van der Waals surface area (Å²) >= 11 is 1.29. The normalized spacial score (nSPS) is 16.2. The van der Waals surface area contributed by atoms with Crippen molar-refractivity contribution in [1.29, 1.82) is 0 Å². The Hall–Kier alpha value is -2.75. The van der Waals surface area contributed by atoms with Gasteiger partial charge in [-0.3, -0.25) is 23.7 Å². The molecule has 1 aliphatic rings. The second-order valence-electron chi connectivity index (χ2n) is 5.91. The number of urea groups is 1. The Morgan fingerprint density at radius 2 is 2.04 bits per heavy atom. The van der Waals surface area contributed by atoms with Crippen LogP contribution in [0.5, 0.6) is 0 Å². The predicted octanol–water partition coefficient (Wildman–Crippen LogP) is 0.910. The third kappa shape index (κ3) is 3.07. The first kappa shape index (κ1) is 18.1. The smallest absolute Gasteiger partial charge is 0.326 e. The quantitative estimate of drug-likeness (QED) is 0.591. The Labute approximate surface area is 152 Å². The fraction of sp³-hybridized carbons (Fsp3) is 0.438. The van der Waals surface area contributed by atoms with Crippen molar-refractivity contribution in [2.45, 2.75) is 38.8 Å². The van der Waals surface area contributed by atoms with Gasteiger partial charge in [-0.05, 0) is 12.8 Å². The molecule has 2 aromatic heterocycles. The van der Waals surface area contributed by atoms with Crippen molar-refractivity contribution in [2.75, 3.05) is 6.54 Å². The maximum Gasteiger partial charge on any atom is 0.326 e. The van der Waals surface area contributed by atoms with Crippen LogP contribution in [-0.4, -0.2) is 44.3 Å². The predicted molar refractivity (Wildman–Crippen MR) is 92.7 cm³/mol. The highest BCUT2D eigenvalue weighted by atomic mass is 32.1. The van der Waals surface area contributed by atoms with Gasteiger partial charge in [0, 0.05) is 17.6 Å². The van der Waals surface area contributed by atoms with Gasteiger partial charge in [-0.25, -0.2) is 9.78 Å². The third-order valence-electron chi connectivity index (χ3n) is 4.48. The lowest BCUT2D eigenvalue weighted by molar-refractivity contribution is -0.149. The lowest BCUT2D eigenvalue weighted by Gasteiger charge is -2.22. The summed E-state index contributed by atoms with van der Waals surface area (Å²) in [6.45, 7) is 2.91. The van der Waals surface area contributed by atoms with Crippen molar-refractivity contribution in [3.05, 3.63) is 33.7 Å². The van der Waals surface area contributed by atoms with Crippen molar-refractivity contribution in [1.82, 2.24) is 19.6 Å². The standard InChI is InChI=1S/C16H18N4O5S/c1-3-16(4-2)13(23)20(14(24)18-16)8-12(22)25-9-10-7-11(21)19-5-6-26-15(19)17-10/h5-7H,3-4,8-9H2,1-2H3,(H,18,24). The number of hydrogen-bond acceptors (Lipinski definition) is 7. The number of carbonyl (C=O) groups excluding carboxylic acids is 3. The number of thiazole rings is 1. The molecule has 2 aromatic rings. The molecule has 1 aliphatic heterocycles. The van der Waals surface area contributed by atoms with Crippen LogP contribution < -0.4 is 10.9 Å². The van der Waals surface area contributed by atoms with E-state index in [1.165, 1.54) is 21.8 Å². The minimum atomic E-state index is -0.961. The number of nitrogens with zero attached hydrogens (tertiary/aromatic N) is 3. The number of imide groups is 1. The minimum Gasteiger partial charge on any atom is -0.458 e. The Morgan fingerprint density at radius 1 is 1.31 bits per heavy atom. The van der Waals surface area contributed by atoms with Crippen LogP contribution in [0.15, 0.2) is 22.4 Å². The zero-order chi connectivity index (χ0) is 18.9. The van der Waals surface area contributed by atoms with Crippen LogP contribution in [0, 0.1) is 0 Å². The van der Waals surface area contributed by atoms with Crippen molar-refractivity contribution in [2.24, 2.45) is 0 Å². The Kier molecular flexibility index (Phi) is 4.77. The zero-order valence-corrected chi connectivity index (χ0v) is 15.2. The average Bonchev–Trinajstić information content (AvgIpc) is 3.19. The molecule has 1 N–H and O–H groups in total. The molecule has 3 rings (SSSR count). The van der Waals surface area contributed by atoms with Gasteiger partial charge in [-0.15, -0.1) is 11.3 Å². The highest BCUT2D eigenvalue weighted by Crippen LogP contribution is 2.24. The van der Waals surface area contributed by atoms with E-state index in [9.17, 15) is 19.2 Å². The first-order valence-electron chi connectivity index (χ1n) is 8.15. The molecule has 0 aliphatic carbocycles. The fourth-order valence-corrected chi connectivity index (χ4v) is 3.58. The highest BCUT2D eigenvalue weighted by Gasteiger charge is 2.49. The maximum absolute atomic E-state index is 12.5. The summed E-state index contributed by atoms with van der Waals surface area (Å²) in [6, 6.07) is 0.673. The lowest BCUT2D eigenvalue weighted by Crippen LogP contribution is -2.46. The van der Waals surface area contributed by atoms with Crippen molar-refractivity contribution in [3.8, 4) is 0 Å². The molecule has 3 amide bonds. The molecule has 0 radical (unpaired) electrons. The topological polar surface area (TPSA) is 110 Å². The summed E-state index contributed by atoms with van der Waals surface area (Å²) in [5.41, 5.74) is -0.927. The Morgan fingerprint density at radius 3 is 2.69 bits per heavy atom. The minimum absolute atomic E-state index is 0.210. The van der Waals surface area contributed by atoms with Crippen LogP contribution in [0.1, 0.15) is 32.4 Å². The van der Waals surface area contributed by atoms with Gasteiger partial charge in [0.1, 0.15) is 18.7 Å². The summed E-state index contributed by atoms with van der Waals surface area (Å²) < 4.78 is 6.47. The van der Waals surface area contributed by atoms with Crippen LogP contribution >= 0.6 is 11.3 Å². The number of amides is 3. The van der Waals surface area contributed by atoms with E-state index < -0.39 is 30.0 Å². The molecule has 0 bridgehead atoms. The summed E-state index contributed by atoms with van der Waals surface area (Å²) in [5, 5.41) is 4.37. The molecular formula is C16H18N4O5S. The van der Waals surface area contributed by atoms with Gasteiger partial charge in [0.05, 0.1) is 5.69 Å². The second kappa shape index (κ2) is 6.87. The largest absolute Gasteiger partial charge is 0.458 e. The molecule has 1 fully saturated rings. The first-order valence-corrected chi connectivity index (χ1v) is 9.03. The molecule has 3 heterocycles. The number of ether oxygens (including phenoxy) is 1. The van der Waals surface area contributed by atoms with Crippen LogP contribution in [-0.2, 0) is 20.9 Å². The summed E-state index contributed by atoms with van der Waals surface area (Å²) in [7, 11) is 0. The summed E-state index contributed by atoms with van der Waals surface area (Å²) in [5.74, 6) is -1.18. The van der Waals surface area contributed by atoms with E-state index in [0.717, 1.165) is 4.90 Å². The van der Waals surface area contributed by atoms with Gasteiger partial charge in [0.2, 0.25) is 0 Å². The average molecular weight is 378 g/mol. The molecule has 0 saturated carbocycles. The second-order valence-corrected chi connectivity index (χ2v) is 6.79. The van der Waals surface area contributed by atoms with Crippen LogP contribution in [0.2, 0.25) is 0 Å². The zero-order valence-electron chi connectivity index (χ0n) is 14.4. The number of rotatable bonds is 6. The molecule has 0 spiro atoms. The van der Waals surface area contributed by atoms with Gasteiger partial charge in [-0.1, -0.05) is 13.8 Å². The van der Waals surface area contributed by atoms with Crippen molar-refractivity contribution < 1.29 is 19.1 Å². The third-order valence-corrected chi connectivity index (χ3v) is 5.23. The number of carbonyl (C=O) groups is 3. The number of hydrogen-bond donors (Lipinski definition) is 1. The van der Waals surface area contributed by atoms with E-state index in [2.05, 4.69) is 10.3 Å². The molecule has 0 unspecified atom stereocenters. The van der Waals surface area contributed by atoms with Gasteiger partial charge in [-0.2, -0.15) is 0 Å². The number of esters is 1. The van der Waals surface area contributed by atoms with Gasteiger partial charge in [0.25, 0.3) is 11.5 Å². The monoisotopic (exact) mass is 378 g/mol. The lowest BCUT2D eigenvalue weighted by atomic mass is 9.93. The highest BCUT2D eigenvalue weighted by molar-refractivity contribution is 7.15. The first-order chi connectivity index (χ1) is 12.4. The van der Waals surface area contributed by atoms with E-state index >= 15 is 0 Å². The summed E-state index contributed by atoms with van der Waals surface area (Å²) in [4.78, 5) is 54.0.